The molecule has 10 heteroatoms. The fourth-order valence-electron chi connectivity index (χ4n) is 1.69. The van der Waals surface area contributed by atoms with Crippen molar-refractivity contribution in [2.45, 2.75) is 4.90 Å². The second-order valence-corrected chi connectivity index (χ2v) is 8.40. The van der Waals surface area contributed by atoms with Crippen LogP contribution in [0.1, 0.15) is 10.4 Å². The van der Waals surface area contributed by atoms with E-state index in [-0.39, 0.29) is 26.4 Å². The highest BCUT2D eigenvalue weighted by molar-refractivity contribution is 9.11. The Morgan fingerprint density at radius 1 is 1.04 bits per heavy atom. The number of hydrogen-bond acceptors (Lipinski definition) is 4. The molecule has 0 bridgehead atoms. The number of halogens is 3. The van der Waals surface area contributed by atoms with Gasteiger partial charge in [-0.15, -0.1) is 0 Å². The minimum Gasteiger partial charge on any atom is -0.506 e. The lowest BCUT2D eigenvalue weighted by molar-refractivity contribution is 0.102. The van der Waals surface area contributed by atoms with Gasteiger partial charge in [-0.05, 0) is 62.2 Å². The van der Waals surface area contributed by atoms with Gasteiger partial charge < -0.3 is 10.4 Å². The van der Waals surface area contributed by atoms with Gasteiger partial charge in [-0.3, -0.25) is 9.35 Å². The molecule has 0 fully saturated rings. The Morgan fingerprint density at radius 3 is 2.26 bits per heavy atom. The molecule has 6 nitrogen and oxygen atoms in total. The number of carbonyl (C=O) groups excluding carboxylic acids is 1. The van der Waals surface area contributed by atoms with Crippen LogP contribution >= 0.6 is 47.8 Å². The van der Waals surface area contributed by atoms with Crippen molar-refractivity contribution in [1.29, 1.82) is 0 Å². The maximum atomic E-state index is 12.3. The van der Waals surface area contributed by atoms with E-state index in [2.05, 4.69) is 53.1 Å². The minimum atomic E-state index is -4.34. The molecule has 0 unspecified atom stereocenters. The van der Waals surface area contributed by atoms with E-state index in [1.54, 1.807) is 6.07 Å². The average molecular weight is 530 g/mol. The standard InChI is InChI=1S/C13H8Br3NO5S/c14-6-3-8(12(18)10(16)4-6)13(19)17-11-2-1-7(5-9(11)15)23(20,21)22/h1-5,18H,(H,17,19)(H,20,21,22). The van der Waals surface area contributed by atoms with Crippen molar-refractivity contribution in [3.63, 3.8) is 0 Å². The van der Waals surface area contributed by atoms with Crippen molar-refractivity contribution < 1.29 is 22.9 Å². The van der Waals surface area contributed by atoms with Gasteiger partial charge in [0.2, 0.25) is 0 Å². The van der Waals surface area contributed by atoms with E-state index < -0.39 is 16.0 Å². The predicted molar refractivity (Wildman–Crippen MR) is 95.4 cm³/mol. The molecule has 2 rings (SSSR count). The molecule has 2 aromatic carbocycles. The third-order valence-electron chi connectivity index (χ3n) is 2.76. The fourth-order valence-corrected chi connectivity index (χ4v) is 4.05. The topological polar surface area (TPSA) is 104 Å². The number of amides is 1. The number of anilines is 1. The zero-order valence-electron chi connectivity index (χ0n) is 11.0. The Morgan fingerprint density at radius 2 is 1.70 bits per heavy atom. The maximum Gasteiger partial charge on any atom is 0.294 e. The average Bonchev–Trinajstić information content (AvgIpc) is 2.43. The Kier molecular flexibility index (Phi) is 5.52. The summed E-state index contributed by atoms with van der Waals surface area (Å²) in [7, 11) is -4.34. The summed E-state index contributed by atoms with van der Waals surface area (Å²) in [5.74, 6) is -0.818. The van der Waals surface area contributed by atoms with Gasteiger partial charge in [0.15, 0.2) is 0 Å². The van der Waals surface area contributed by atoms with E-state index in [1.165, 1.54) is 12.1 Å². The smallest absolute Gasteiger partial charge is 0.294 e. The molecule has 1 amide bonds. The fraction of sp³-hybridized carbons (Fsp3) is 0. The molecule has 0 aliphatic carbocycles. The van der Waals surface area contributed by atoms with Crippen LogP contribution in [-0.2, 0) is 10.1 Å². The lowest BCUT2D eigenvalue weighted by atomic mass is 10.2. The lowest BCUT2D eigenvalue weighted by Gasteiger charge is -2.11. The van der Waals surface area contributed by atoms with Crippen molar-refractivity contribution in [2.75, 3.05) is 5.32 Å². The molecule has 122 valence electrons. The number of aromatic hydroxyl groups is 1. The van der Waals surface area contributed by atoms with Gasteiger partial charge in [0.05, 0.1) is 20.6 Å². The minimum absolute atomic E-state index is 0.0250. The number of rotatable bonds is 3. The first kappa shape index (κ1) is 18.4. The molecule has 2 aromatic rings. The van der Waals surface area contributed by atoms with E-state index in [0.29, 0.717) is 8.95 Å². The zero-order valence-corrected chi connectivity index (χ0v) is 16.6. The van der Waals surface area contributed by atoms with Crippen LogP contribution in [0.2, 0.25) is 0 Å². The van der Waals surface area contributed by atoms with E-state index in [9.17, 15) is 18.3 Å². The van der Waals surface area contributed by atoms with Crippen LogP contribution in [0.3, 0.4) is 0 Å². The Hall–Kier alpha value is -0.940. The molecule has 23 heavy (non-hydrogen) atoms. The van der Waals surface area contributed by atoms with E-state index in [0.717, 1.165) is 12.1 Å². The van der Waals surface area contributed by atoms with Crippen LogP contribution in [-0.4, -0.2) is 24.0 Å². The van der Waals surface area contributed by atoms with Crippen LogP contribution < -0.4 is 5.32 Å². The van der Waals surface area contributed by atoms with Gasteiger partial charge >= 0.3 is 0 Å². The zero-order chi connectivity index (χ0) is 17.4. The van der Waals surface area contributed by atoms with Gasteiger partial charge in [0.25, 0.3) is 16.0 Å². The Bertz CT molecular complexity index is 899. The van der Waals surface area contributed by atoms with Gasteiger partial charge in [-0.1, -0.05) is 15.9 Å². The molecule has 0 saturated heterocycles. The molecule has 0 saturated carbocycles. The highest BCUT2D eigenvalue weighted by Gasteiger charge is 2.17. The highest BCUT2D eigenvalue weighted by Crippen LogP contribution is 2.33. The molecule has 0 atom stereocenters. The number of benzene rings is 2. The van der Waals surface area contributed by atoms with Crippen LogP contribution in [0.4, 0.5) is 5.69 Å². The number of carbonyl (C=O) groups is 1. The lowest BCUT2D eigenvalue weighted by Crippen LogP contribution is -2.13. The third-order valence-corrected chi connectivity index (χ3v) is 5.33. The summed E-state index contributed by atoms with van der Waals surface area (Å²) in [4.78, 5) is 12.0. The van der Waals surface area contributed by atoms with E-state index >= 15 is 0 Å². The number of phenols is 1. The SMILES string of the molecule is O=C(Nc1ccc(S(=O)(=O)O)cc1Br)c1cc(Br)cc(Br)c1O. The van der Waals surface area contributed by atoms with Crippen LogP contribution in [0, 0.1) is 0 Å². The number of hydrogen-bond donors (Lipinski definition) is 3. The predicted octanol–water partition coefficient (Wildman–Crippen LogP) is 4.18. The second kappa shape index (κ2) is 6.89. The molecular weight excluding hydrogens is 522 g/mol. The van der Waals surface area contributed by atoms with Crippen molar-refractivity contribution in [3.05, 3.63) is 49.3 Å². The monoisotopic (exact) mass is 527 g/mol. The number of phenolic OH excluding ortho intramolecular Hbond substituents is 1. The third kappa shape index (κ3) is 4.32. The van der Waals surface area contributed by atoms with Crippen molar-refractivity contribution in [1.82, 2.24) is 0 Å². The van der Waals surface area contributed by atoms with Crippen LogP contribution in [0.15, 0.2) is 48.6 Å². The molecular formula is C13H8Br3NO5S. The molecule has 3 N–H and O–H groups in total. The van der Waals surface area contributed by atoms with Crippen molar-refractivity contribution >= 4 is 69.5 Å². The Balaban J connectivity index is 2.35. The summed E-state index contributed by atoms with van der Waals surface area (Å²) in [6.07, 6.45) is 0. The maximum absolute atomic E-state index is 12.3. The molecule has 0 spiro atoms. The second-order valence-electron chi connectivity index (χ2n) is 4.35. The summed E-state index contributed by atoms with van der Waals surface area (Å²) in [5, 5.41) is 12.5. The molecule has 0 aliphatic heterocycles. The van der Waals surface area contributed by atoms with Crippen LogP contribution in [0.5, 0.6) is 5.75 Å². The Labute approximate surface area is 157 Å². The van der Waals surface area contributed by atoms with Gasteiger partial charge in [0, 0.05) is 8.95 Å². The van der Waals surface area contributed by atoms with Crippen molar-refractivity contribution in [3.8, 4) is 5.75 Å². The summed E-state index contributed by atoms with van der Waals surface area (Å²) in [6.45, 7) is 0. The highest BCUT2D eigenvalue weighted by atomic mass is 79.9. The summed E-state index contributed by atoms with van der Waals surface area (Å²) in [5.41, 5.74) is 0.301. The summed E-state index contributed by atoms with van der Waals surface area (Å²) >= 11 is 9.47. The normalized spacial score (nSPS) is 11.3. The van der Waals surface area contributed by atoms with Gasteiger partial charge in [-0.25, -0.2) is 0 Å². The summed E-state index contributed by atoms with van der Waals surface area (Å²) < 4.78 is 32.3. The van der Waals surface area contributed by atoms with Crippen molar-refractivity contribution in [2.24, 2.45) is 0 Å². The van der Waals surface area contributed by atoms with E-state index in [1.807, 2.05) is 0 Å². The first-order chi connectivity index (χ1) is 10.6. The summed E-state index contributed by atoms with van der Waals surface area (Å²) in [6, 6.07) is 6.64. The van der Waals surface area contributed by atoms with Gasteiger partial charge in [0.1, 0.15) is 5.75 Å². The first-order valence-electron chi connectivity index (χ1n) is 5.86. The van der Waals surface area contributed by atoms with Gasteiger partial charge in [-0.2, -0.15) is 8.42 Å². The van der Waals surface area contributed by atoms with Crippen LogP contribution in [0.25, 0.3) is 0 Å². The number of nitrogens with one attached hydrogen (secondary N) is 1. The largest absolute Gasteiger partial charge is 0.506 e. The molecule has 0 aromatic heterocycles. The quantitative estimate of drug-likeness (QED) is 0.518. The molecule has 0 aliphatic rings. The van der Waals surface area contributed by atoms with E-state index in [4.69, 9.17) is 4.55 Å². The molecule has 0 radical (unpaired) electrons. The molecule has 0 heterocycles. The first-order valence-corrected chi connectivity index (χ1v) is 9.68.